The second-order valence-corrected chi connectivity index (χ2v) is 3.72. The molecule has 0 aromatic carbocycles. The first-order valence-corrected chi connectivity index (χ1v) is 5.12. The predicted molar refractivity (Wildman–Crippen MR) is 56.8 cm³/mol. The van der Waals surface area contributed by atoms with Gasteiger partial charge >= 0.3 is 0 Å². The average Bonchev–Trinajstić information content (AvgIpc) is 2.64. The van der Waals surface area contributed by atoms with Gasteiger partial charge in [-0.15, -0.1) is 0 Å². The van der Waals surface area contributed by atoms with Gasteiger partial charge < -0.3 is 0 Å². The Hall–Kier alpha value is -1.41. The molecule has 1 aromatic rings. The summed E-state index contributed by atoms with van der Waals surface area (Å²) in [4.78, 5) is 6.27. The van der Waals surface area contributed by atoms with E-state index >= 15 is 0 Å². The van der Waals surface area contributed by atoms with E-state index in [1.807, 2.05) is 25.6 Å². The monoisotopic (exact) mass is 207 g/mol. The highest BCUT2D eigenvalue weighted by Crippen LogP contribution is 2.02. The van der Waals surface area contributed by atoms with Crippen molar-refractivity contribution in [2.24, 2.45) is 5.92 Å². The number of hydrogen-bond donors (Lipinski definition) is 0. The van der Waals surface area contributed by atoms with Gasteiger partial charge in [-0.1, -0.05) is 0 Å². The zero-order valence-corrected chi connectivity index (χ0v) is 9.51. The highest BCUT2D eigenvalue weighted by molar-refractivity contribution is 4.86. The minimum atomic E-state index is 0.0491. The fourth-order valence-electron chi connectivity index (χ4n) is 1.49. The van der Waals surface area contributed by atoms with E-state index in [9.17, 15) is 0 Å². The number of nitriles is 1. The maximum atomic E-state index is 8.70. The van der Waals surface area contributed by atoms with Crippen molar-refractivity contribution in [3.8, 4) is 6.07 Å². The van der Waals surface area contributed by atoms with Gasteiger partial charge in [-0.25, -0.2) is 9.67 Å². The second kappa shape index (κ2) is 5.47. The third-order valence-corrected chi connectivity index (χ3v) is 2.21. The van der Waals surface area contributed by atoms with Crippen molar-refractivity contribution < 1.29 is 0 Å². The van der Waals surface area contributed by atoms with E-state index in [1.54, 1.807) is 6.33 Å². The van der Waals surface area contributed by atoms with E-state index in [1.165, 1.54) is 0 Å². The lowest BCUT2D eigenvalue weighted by Gasteiger charge is -2.17. The lowest BCUT2D eigenvalue weighted by Crippen LogP contribution is -2.25. The molecule has 0 saturated carbocycles. The van der Waals surface area contributed by atoms with E-state index in [0.717, 1.165) is 25.5 Å². The van der Waals surface area contributed by atoms with Crippen LogP contribution in [0.3, 0.4) is 0 Å². The largest absolute Gasteiger partial charge is 0.298 e. The van der Waals surface area contributed by atoms with Gasteiger partial charge in [0.25, 0.3) is 0 Å². The highest BCUT2D eigenvalue weighted by Gasteiger charge is 2.09. The average molecular weight is 207 g/mol. The highest BCUT2D eigenvalue weighted by atomic mass is 15.3. The Morgan fingerprint density at radius 3 is 3.00 bits per heavy atom. The molecule has 0 aliphatic carbocycles. The van der Waals surface area contributed by atoms with E-state index in [2.05, 4.69) is 21.1 Å². The van der Waals surface area contributed by atoms with Crippen LogP contribution < -0.4 is 0 Å². The number of hydrogen-bond acceptors (Lipinski definition) is 4. The zero-order chi connectivity index (χ0) is 11.3. The molecular formula is C10H17N5. The molecule has 0 radical (unpaired) electrons. The Balaban J connectivity index is 2.51. The van der Waals surface area contributed by atoms with Crippen LogP contribution in [0.4, 0.5) is 0 Å². The van der Waals surface area contributed by atoms with Gasteiger partial charge in [0.2, 0.25) is 0 Å². The Morgan fingerprint density at radius 1 is 1.67 bits per heavy atom. The first-order valence-electron chi connectivity index (χ1n) is 5.12. The van der Waals surface area contributed by atoms with E-state index in [4.69, 9.17) is 5.26 Å². The molecule has 0 aliphatic heterocycles. The molecule has 1 aromatic heterocycles. The first-order chi connectivity index (χ1) is 7.17. The van der Waals surface area contributed by atoms with E-state index in [-0.39, 0.29) is 5.92 Å². The third kappa shape index (κ3) is 3.33. The summed E-state index contributed by atoms with van der Waals surface area (Å²) in [6.07, 6.45) is 1.57. The molecule has 15 heavy (non-hydrogen) atoms. The van der Waals surface area contributed by atoms with Gasteiger partial charge in [0.05, 0.1) is 18.5 Å². The molecule has 0 N–H and O–H groups in total. The van der Waals surface area contributed by atoms with Crippen molar-refractivity contribution in [2.75, 3.05) is 13.6 Å². The molecule has 1 atom stereocenters. The van der Waals surface area contributed by atoms with Crippen molar-refractivity contribution in [1.82, 2.24) is 19.7 Å². The summed E-state index contributed by atoms with van der Waals surface area (Å²) >= 11 is 0. The maximum absolute atomic E-state index is 8.70. The van der Waals surface area contributed by atoms with Gasteiger partial charge in [0.15, 0.2) is 0 Å². The van der Waals surface area contributed by atoms with Crippen LogP contribution >= 0.6 is 0 Å². The van der Waals surface area contributed by atoms with Crippen LogP contribution in [-0.4, -0.2) is 33.3 Å². The summed E-state index contributed by atoms with van der Waals surface area (Å²) in [5, 5.41) is 12.8. The molecule has 82 valence electrons. The van der Waals surface area contributed by atoms with Gasteiger partial charge in [0.1, 0.15) is 12.2 Å². The fraction of sp³-hybridized carbons (Fsp3) is 0.700. The molecule has 1 rings (SSSR count). The van der Waals surface area contributed by atoms with Crippen molar-refractivity contribution in [1.29, 1.82) is 5.26 Å². The van der Waals surface area contributed by atoms with Crippen molar-refractivity contribution in [3.05, 3.63) is 12.2 Å². The van der Waals surface area contributed by atoms with Gasteiger partial charge in [-0.05, 0) is 20.9 Å². The third-order valence-electron chi connectivity index (χ3n) is 2.21. The van der Waals surface area contributed by atoms with Crippen LogP contribution in [0.2, 0.25) is 0 Å². The molecule has 0 fully saturated rings. The molecule has 0 aliphatic rings. The maximum Gasteiger partial charge on any atom is 0.140 e. The number of rotatable bonds is 5. The summed E-state index contributed by atoms with van der Waals surface area (Å²) in [5.41, 5.74) is 0. The van der Waals surface area contributed by atoms with E-state index in [0.29, 0.717) is 0 Å². The zero-order valence-electron chi connectivity index (χ0n) is 9.51. The molecular weight excluding hydrogens is 190 g/mol. The topological polar surface area (TPSA) is 57.7 Å². The van der Waals surface area contributed by atoms with E-state index < -0.39 is 0 Å². The Labute approximate surface area is 90.3 Å². The van der Waals surface area contributed by atoms with Crippen molar-refractivity contribution in [2.45, 2.75) is 26.9 Å². The Kier molecular flexibility index (Phi) is 4.25. The molecule has 5 nitrogen and oxygen atoms in total. The molecule has 0 amide bonds. The fourth-order valence-corrected chi connectivity index (χ4v) is 1.49. The summed E-state index contributed by atoms with van der Waals surface area (Å²) in [5.74, 6) is 0.998. The summed E-state index contributed by atoms with van der Waals surface area (Å²) in [7, 11) is 1.99. The lowest BCUT2D eigenvalue weighted by atomic mass is 10.2. The summed E-state index contributed by atoms with van der Waals surface area (Å²) < 4.78 is 1.87. The standard InChI is InChI=1S/C10H17N5/c1-4-15-10(12-8-13-15)7-14(3)6-9(2)5-11/h8-9H,4,6-7H2,1-3H3. The van der Waals surface area contributed by atoms with Crippen molar-refractivity contribution in [3.63, 3.8) is 0 Å². The molecule has 0 spiro atoms. The summed E-state index contributed by atoms with van der Waals surface area (Å²) in [6.45, 7) is 6.28. The Bertz CT molecular complexity index is 338. The van der Waals surface area contributed by atoms with Crippen LogP contribution in [0, 0.1) is 17.2 Å². The smallest absolute Gasteiger partial charge is 0.140 e. The van der Waals surface area contributed by atoms with Crippen LogP contribution in [0.1, 0.15) is 19.7 Å². The molecule has 0 bridgehead atoms. The van der Waals surface area contributed by atoms with Crippen LogP contribution in [-0.2, 0) is 13.1 Å². The summed E-state index contributed by atoms with van der Waals surface area (Å²) in [6, 6.07) is 2.22. The SMILES string of the molecule is CCn1ncnc1CN(C)CC(C)C#N. The lowest BCUT2D eigenvalue weighted by molar-refractivity contribution is 0.289. The van der Waals surface area contributed by atoms with Crippen LogP contribution in [0.5, 0.6) is 0 Å². The molecule has 0 saturated heterocycles. The molecule has 5 heteroatoms. The van der Waals surface area contributed by atoms with Gasteiger partial charge in [0, 0.05) is 13.1 Å². The number of nitrogens with zero attached hydrogens (tertiary/aromatic N) is 5. The minimum Gasteiger partial charge on any atom is -0.298 e. The van der Waals surface area contributed by atoms with Gasteiger partial charge in [-0.2, -0.15) is 10.4 Å². The van der Waals surface area contributed by atoms with Crippen molar-refractivity contribution >= 4 is 0 Å². The quantitative estimate of drug-likeness (QED) is 0.719. The number of aryl methyl sites for hydroxylation is 1. The number of aromatic nitrogens is 3. The molecule has 1 heterocycles. The normalized spacial score (nSPS) is 12.7. The minimum absolute atomic E-state index is 0.0491. The second-order valence-electron chi connectivity index (χ2n) is 3.72. The Morgan fingerprint density at radius 2 is 2.40 bits per heavy atom. The van der Waals surface area contributed by atoms with Crippen LogP contribution in [0.15, 0.2) is 6.33 Å². The predicted octanol–water partition coefficient (Wildman–Crippen LogP) is 0.889. The first kappa shape index (κ1) is 11.7. The van der Waals surface area contributed by atoms with Gasteiger partial charge in [-0.3, -0.25) is 4.90 Å². The van der Waals surface area contributed by atoms with Crippen LogP contribution in [0.25, 0.3) is 0 Å². The molecule has 1 unspecified atom stereocenters.